The normalized spacial score (nSPS) is 12.9. The monoisotopic (exact) mass is 350 g/mol. The molecule has 0 bridgehead atoms. The Bertz CT molecular complexity index is 648. The van der Waals surface area contributed by atoms with Crippen LogP contribution in [0, 0.1) is 0 Å². The summed E-state index contributed by atoms with van der Waals surface area (Å²) in [5, 5.41) is 0. The molecule has 3 rings (SSSR count). The molecular weight excluding hydrogens is 339 g/mol. The van der Waals surface area contributed by atoms with Crippen LogP contribution in [-0.2, 0) is 3.74 Å². The van der Waals surface area contributed by atoms with E-state index < -0.39 is 14.5 Å². The van der Waals surface area contributed by atoms with E-state index in [1.54, 1.807) is 48.5 Å². The Labute approximate surface area is 123 Å². The maximum absolute atomic E-state index is 12.1. The van der Waals surface area contributed by atoms with Gasteiger partial charge in [0.1, 0.15) is 0 Å². The van der Waals surface area contributed by atoms with Crippen LogP contribution in [0.1, 0.15) is 31.8 Å². The van der Waals surface area contributed by atoms with Gasteiger partial charge in [-0.2, -0.15) is 0 Å². The molecule has 1 aliphatic rings. The Balaban J connectivity index is 0.000000282. The van der Waals surface area contributed by atoms with Crippen LogP contribution < -0.4 is 0 Å². The molecule has 6 nitrogen and oxygen atoms in total. The molecule has 0 unspecified atom stereocenters. The third-order valence-electron chi connectivity index (χ3n) is 2.83. The summed E-state index contributed by atoms with van der Waals surface area (Å²) in [5.74, 6) is -0.128. The maximum atomic E-state index is 12.1. The molecule has 3 N–H and O–H groups in total. The van der Waals surface area contributed by atoms with E-state index >= 15 is 0 Å². The molecule has 0 saturated carbocycles. The molecule has 0 saturated heterocycles. The van der Waals surface area contributed by atoms with E-state index in [1.807, 2.05) is 0 Å². The number of hydrogen-bond acceptors (Lipinski definition) is 3. The van der Waals surface area contributed by atoms with Gasteiger partial charge in [-0.1, -0.05) is 48.5 Å². The molecule has 0 spiro atoms. The Morgan fingerprint density at radius 2 is 0.810 bits per heavy atom. The first-order chi connectivity index (χ1) is 9.79. The molecule has 0 aliphatic heterocycles. The molecule has 0 heterocycles. The van der Waals surface area contributed by atoms with Crippen molar-refractivity contribution in [1.29, 1.82) is 0 Å². The van der Waals surface area contributed by atoms with Gasteiger partial charge in [-0.05, 0) is 0 Å². The molecule has 0 aromatic heterocycles. The zero-order chi connectivity index (χ0) is 15.6. The van der Waals surface area contributed by atoms with E-state index in [2.05, 4.69) is 0 Å². The summed E-state index contributed by atoms with van der Waals surface area (Å²) < 4.78 is 30.7. The number of benzene rings is 2. The van der Waals surface area contributed by atoms with E-state index in [4.69, 9.17) is 16.0 Å². The van der Waals surface area contributed by atoms with Gasteiger partial charge in [0.2, 0.25) is 0 Å². The van der Waals surface area contributed by atoms with E-state index in [1.165, 1.54) is 0 Å². The summed E-state index contributed by atoms with van der Waals surface area (Å²) in [6, 6.07) is 13.9. The van der Waals surface area contributed by atoms with Crippen molar-refractivity contribution in [3.8, 4) is 0 Å². The Morgan fingerprint density at radius 3 is 1.00 bits per heavy atom. The first kappa shape index (κ1) is 15.4. The minimum absolute atomic E-state index is 0.0641. The summed E-state index contributed by atoms with van der Waals surface area (Å²) in [6.45, 7) is 0. The number of ketones is 2. The van der Waals surface area contributed by atoms with Gasteiger partial charge < -0.3 is 0 Å². The second-order valence-electron chi connectivity index (χ2n) is 4.26. The quantitative estimate of drug-likeness (QED) is 0.503. The third-order valence-corrected chi connectivity index (χ3v) is 2.83. The zero-order valence-corrected chi connectivity index (χ0v) is 12.5. The van der Waals surface area contributed by atoms with Crippen molar-refractivity contribution in [2.45, 2.75) is 0 Å². The van der Waals surface area contributed by atoms with E-state index in [0.29, 0.717) is 22.3 Å². The Kier molecular flexibility index (Phi) is 4.25. The fourth-order valence-corrected chi connectivity index (χ4v) is 2.05. The van der Waals surface area contributed by atoms with Crippen LogP contribution in [0.2, 0.25) is 0 Å². The first-order valence-corrected chi connectivity index (χ1v) is 9.13. The van der Waals surface area contributed by atoms with Crippen LogP contribution in [0.5, 0.6) is 0 Å². The molecule has 2 aromatic carbocycles. The molecular formula is C14H11AsO6. The summed E-state index contributed by atoms with van der Waals surface area (Å²) >= 11 is -5.12. The fourth-order valence-electron chi connectivity index (χ4n) is 2.05. The van der Waals surface area contributed by atoms with Gasteiger partial charge in [0.05, 0.1) is 0 Å². The second kappa shape index (κ2) is 5.79. The molecule has 7 heteroatoms. The molecule has 0 fully saturated rings. The average Bonchev–Trinajstić information content (AvgIpc) is 2.43. The van der Waals surface area contributed by atoms with Crippen LogP contribution >= 0.6 is 0 Å². The molecule has 2 aromatic rings. The molecule has 108 valence electrons. The van der Waals surface area contributed by atoms with Gasteiger partial charge in [-0.25, -0.2) is 0 Å². The molecule has 0 radical (unpaired) electrons. The van der Waals surface area contributed by atoms with Crippen molar-refractivity contribution in [1.82, 2.24) is 0 Å². The molecule has 0 amide bonds. The fraction of sp³-hybridized carbons (Fsp3) is 0. The van der Waals surface area contributed by atoms with Crippen molar-refractivity contribution in [2.75, 3.05) is 0 Å². The molecule has 21 heavy (non-hydrogen) atoms. The number of carbonyl (C=O) groups is 2. The molecule has 0 atom stereocenters. The predicted octanol–water partition coefficient (Wildman–Crippen LogP) is 0.291. The van der Waals surface area contributed by atoms with Gasteiger partial charge in [-0.15, -0.1) is 0 Å². The standard InChI is InChI=1S/C14H8O2.AsH3O4/c15-13-9-5-1-2-6-10(9)14(16)12-8-4-3-7-11(12)13;2-1(3,4)5/h1-8H;(H3,2,3,4,5). The van der Waals surface area contributed by atoms with Crippen LogP contribution in [0.15, 0.2) is 48.5 Å². The third kappa shape index (κ3) is 3.56. The Hall–Kier alpha value is -1.98. The number of carbonyl (C=O) groups excluding carboxylic acids is 2. The van der Waals surface area contributed by atoms with E-state index in [9.17, 15) is 9.59 Å². The summed E-state index contributed by atoms with van der Waals surface area (Å²) in [6.07, 6.45) is 0. The number of hydrogen-bond donors (Lipinski definition) is 3. The van der Waals surface area contributed by atoms with Crippen LogP contribution in [0.25, 0.3) is 0 Å². The first-order valence-electron chi connectivity index (χ1n) is 5.85. The van der Waals surface area contributed by atoms with E-state index in [0.717, 1.165) is 0 Å². The Morgan fingerprint density at radius 1 is 0.619 bits per heavy atom. The van der Waals surface area contributed by atoms with Gasteiger partial charge >= 0.3 is 30.5 Å². The van der Waals surface area contributed by atoms with Gasteiger partial charge in [-0.3, -0.25) is 9.59 Å². The second-order valence-corrected chi connectivity index (χ2v) is 6.42. The SMILES string of the molecule is O=C1c2ccccc2C(=O)c2ccccc21.O=[As](O)(O)O. The minimum atomic E-state index is -5.12. The van der Waals surface area contributed by atoms with Gasteiger partial charge in [0.25, 0.3) is 0 Å². The van der Waals surface area contributed by atoms with Gasteiger partial charge in [0, 0.05) is 22.3 Å². The summed E-state index contributed by atoms with van der Waals surface area (Å²) in [5.41, 5.74) is 2.02. The van der Waals surface area contributed by atoms with Crippen molar-refractivity contribution in [3.63, 3.8) is 0 Å². The number of rotatable bonds is 0. The van der Waals surface area contributed by atoms with Crippen LogP contribution in [0.3, 0.4) is 0 Å². The van der Waals surface area contributed by atoms with Crippen molar-refractivity contribution >= 4 is 26.1 Å². The average molecular weight is 350 g/mol. The van der Waals surface area contributed by atoms with Gasteiger partial charge in [0.15, 0.2) is 11.6 Å². The van der Waals surface area contributed by atoms with Crippen molar-refractivity contribution < 1.29 is 25.6 Å². The van der Waals surface area contributed by atoms with E-state index in [-0.39, 0.29) is 11.6 Å². The summed E-state index contributed by atoms with van der Waals surface area (Å²) in [7, 11) is 0. The topological polar surface area (TPSA) is 112 Å². The van der Waals surface area contributed by atoms with Crippen molar-refractivity contribution in [2.24, 2.45) is 0 Å². The zero-order valence-electron chi connectivity index (χ0n) is 10.6. The van der Waals surface area contributed by atoms with Crippen molar-refractivity contribution in [3.05, 3.63) is 70.8 Å². The predicted molar refractivity (Wildman–Crippen MR) is 72.8 cm³/mol. The van der Waals surface area contributed by atoms with Crippen LogP contribution in [-0.4, -0.2) is 38.4 Å². The molecule has 1 aliphatic carbocycles. The van der Waals surface area contributed by atoms with Crippen LogP contribution in [0.4, 0.5) is 0 Å². The number of fused-ring (bicyclic) bond motifs is 2. The summed E-state index contributed by atoms with van der Waals surface area (Å²) in [4.78, 5) is 24.2.